The van der Waals surface area contributed by atoms with Crippen LogP contribution in [-0.2, 0) is 14.4 Å². The van der Waals surface area contributed by atoms with Crippen molar-refractivity contribution in [1.29, 1.82) is 0 Å². The van der Waals surface area contributed by atoms with Gasteiger partial charge in [-0.1, -0.05) is 36.4 Å². The molecule has 0 amide bonds. The van der Waals surface area contributed by atoms with E-state index in [-0.39, 0.29) is 11.1 Å². The summed E-state index contributed by atoms with van der Waals surface area (Å²) >= 11 is 0. The van der Waals surface area contributed by atoms with Crippen LogP contribution in [0.25, 0.3) is 5.57 Å². The predicted molar refractivity (Wildman–Crippen MR) is 66.3 cm³/mol. The van der Waals surface area contributed by atoms with E-state index in [9.17, 15) is 14.4 Å². The van der Waals surface area contributed by atoms with Crippen molar-refractivity contribution >= 4 is 23.3 Å². The maximum Gasteiger partial charge on any atom is 0.336 e. The number of hydrogen-bond donors (Lipinski definition) is 2. The Morgan fingerprint density at radius 2 is 1.68 bits per heavy atom. The fourth-order valence-electron chi connectivity index (χ4n) is 1.93. The lowest BCUT2D eigenvalue weighted by Gasteiger charge is -2.17. The van der Waals surface area contributed by atoms with E-state index >= 15 is 0 Å². The van der Waals surface area contributed by atoms with Gasteiger partial charge in [0.2, 0.25) is 0 Å². The van der Waals surface area contributed by atoms with Crippen LogP contribution >= 0.6 is 0 Å². The number of carboxylic acid groups (broad SMARTS) is 2. The average Bonchev–Trinajstić information content (AvgIpc) is 2.38. The summed E-state index contributed by atoms with van der Waals surface area (Å²) in [6.07, 6.45) is 2.27. The zero-order chi connectivity index (χ0) is 14.0. The third-order valence-electron chi connectivity index (χ3n) is 2.81. The van der Waals surface area contributed by atoms with Crippen molar-refractivity contribution in [2.45, 2.75) is 0 Å². The molecule has 0 aliphatic heterocycles. The normalized spacial score (nSPS) is 18.5. The zero-order valence-corrected chi connectivity index (χ0v) is 9.74. The molecule has 19 heavy (non-hydrogen) atoms. The molecule has 0 bridgehead atoms. The summed E-state index contributed by atoms with van der Waals surface area (Å²) in [5.74, 6) is -4.59. The van der Waals surface area contributed by atoms with Crippen molar-refractivity contribution in [3.05, 3.63) is 53.6 Å². The molecule has 0 heterocycles. The molecule has 1 aromatic carbocycles. The fraction of sp³-hybridized carbons (Fsp3) is 0.0714. The van der Waals surface area contributed by atoms with E-state index in [1.165, 1.54) is 6.08 Å². The number of benzene rings is 1. The van der Waals surface area contributed by atoms with Gasteiger partial charge < -0.3 is 10.2 Å². The molecular weight excluding hydrogens is 248 g/mol. The summed E-state index contributed by atoms with van der Waals surface area (Å²) in [5.41, 5.74) is 0.150. The number of carbonyl (C=O) groups excluding carboxylic acids is 1. The van der Waals surface area contributed by atoms with Crippen molar-refractivity contribution in [1.82, 2.24) is 0 Å². The van der Waals surface area contributed by atoms with Crippen molar-refractivity contribution < 1.29 is 24.6 Å². The lowest BCUT2D eigenvalue weighted by molar-refractivity contribution is -0.143. The number of hydrogen-bond acceptors (Lipinski definition) is 3. The Bertz CT molecular complexity index is 610. The van der Waals surface area contributed by atoms with Gasteiger partial charge in [0.25, 0.3) is 0 Å². The molecule has 0 fully saturated rings. The van der Waals surface area contributed by atoms with Crippen LogP contribution < -0.4 is 0 Å². The lowest BCUT2D eigenvalue weighted by Crippen LogP contribution is -2.27. The van der Waals surface area contributed by atoms with E-state index in [1.54, 1.807) is 30.3 Å². The molecule has 5 heteroatoms. The molecule has 1 aliphatic carbocycles. The van der Waals surface area contributed by atoms with Gasteiger partial charge in [0.15, 0.2) is 5.78 Å². The highest BCUT2D eigenvalue weighted by atomic mass is 16.4. The fourth-order valence-corrected chi connectivity index (χ4v) is 1.93. The monoisotopic (exact) mass is 258 g/mol. The standard InChI is InChI=1S/C14H10O5/c15-12-10(14(18)19)7-6-9(13(16)17)11(12)8-4-2-1-3-5-8/h1-7,10H,(H,16,17)(H,18,19). The van der Waals surface area contributed by atoms with Crippen LogP contribution in [0.1, 0.15) is 5.56 Å². The van der Waals surface area contributed by atoms with Gasteiger partial charge in [-0.2, -0.15) is 0 Å². The molecule has 2 N–H and O–H groups in total. The van der Waals surface area contributed by atoms with Gasteiger partial charge in [-0.15, -0.1) is 0 Å². The van der Waals surface area contributed by atoms with E-state index in [0.717, 1.165) is 6.08 Å². The van der Waals surface area contributed by atoms with E-state index in [0.29, 0.717) is 5.56 Å². The van der Waals surface area contributed by atoms with E-state index in [1.807, 2.05) is 0 Å². The molecular formula is C14H10O5. The van der Waals surface area contributed by atoms with Crippen molar-refractivity contribution in [2.24, 2.45) is 5.92 Å². The highest BCUT2D eigenvalue weighted by Gasteiger charge is 2.33. The summed E-state index contributed by atoms with van der Waals surface area (Å²) < 4.78 is 0. The SMILES string of the molecule is O=C(O)C1=C(c2ccccc2)C(=O)C(C(=O)O)C=C1. The second-order valence-electron chi connectivity index (χ2n) is 4.00. The zero-order valence-electron chi connectivity index (χ0n) is 9.74. The molecule has 1 aromatic rings. The first-order valence-electron chi connectivity index (χ1n) is 5.50. The number of aliphatic carboxylic acids is 2. The number of Topliss-reactive ketones (excluding diaryl/α,β-unsaturated/α-hetero) is 1. The Labute approximate surface area is 108 Å². The number of allylic oxidation sites excluding steroid dienone is 1. The van der Waals surface area contributed by atoms with Gasteiger partial charge in [0.1, 0.15) is 5.92 Å². The second kappa shape index (κ2) is 4.89. The molecule has 0 radical (unpaired) electrons. The summed E-state index contributed by atoms with van der Waals surface area (Å²) in [6, 6.07) is 8.19. The topological polar surface area (TPSA) is 91.7 Å². The first kappa shape index (κ1) is 12.8. The maximum absolute atomic E-state index is 12.1. The molecule has 5 nitrogen and oxygen atoms in total. The minimum atomic E-state index is -1.33. The number of carboxylic acids is 2. The van der Waals surface area contributed by atoms with Gasteiger partial charge in [-0.25, -0.2) is 4.79 Å². The molecule has 1 unspecified atom stereocenters. The summed E-state index contributed by atoms with van der Waals surface area (Å²) in [7, 11) is 0. The largest absolute Gasteiger partial charge is 0.480 e. The molecule has 96 valence electrons. The lowest BCUT2D eigenvalue weighted by atomic mass is 9.84. The maximum atomic E-state index is 12.1. The summed E-state index contributed by atoms with van der Waals surface area (Å²) in [4.78, 5) is 34.3. The second-order valence-corrected chi connectivity index (χ2v) is 4.00. The summed E-state index contributed by atoms with van der Waals surface area (Å²) in [5, 5.41) is 18.1. The Balaban J connectivity index is 2.61. The molecule has 1 aliphatic rings. The molecule has 0 saturated heterocycles. The van der Waals surface area contributed by atoms with E-state index in [4.69, 9.17) is 10.2 Å². The molecule has 0 aromatic heterocycles. The Morgan fingerprint density at radius 1 is 1.05 bits per heavy atom. The molecule has 0 saturated carbocycles. The van der Waals surface area contributed by atoms with Crippen molar-refractivity contribution in [2.75, 3.05) is 0 Å². The van der Waals surface area contributed by atoms with Gasteiger partial charge >= 0.3 is 11.9 Å². The van der Waals surface area contributed by atoms with Crippen molar-refractivity contribution in [3.63, 3.8) is 0 Å². The number of ketones is 1. The third kappa shape index (κ3) is 2.30. The van der Waals surface area contributed by atoms with E-state index < -0.39 is 23.6 Å². The smallest absolute Gasteiger partial charge is 0.336 e. The minimum Gasteiger partial charge on any atom is -0.480 e. The van der Waals surface area contributed by atoms with Gasteiger partial charge in [-0.05, 0) is 11.6 Å². The highest BCUT2D eigenvalue weighted by Crippen LogP contribution is 2.29. The highest BCUT2D eigenvalue weighted by molar-refractivity contribution is 6.32. The Hall–Kier alpha value is -2.69. The van der Waals surface area contributed by atoms with Crippen LogP contribution in [0.3, 0.4) is 0 Å². The van der Waals surface area contributed by atoms with Gasteiger partial charge in [0.05, 0.1) is 5.57 Å². The first-order chi connectivity index (χ1) is 9.02. The molecule has 1 atom stereocenters. The third-order valence-corrected chi connectivity index (χ3v) is 2.81. The van der Waals surface area contributed by atoms with Crippen LogP contribution in [0.2, 0.25) is 0 Å². The van der Waals surface area contributed by atoms with Crippen molar-refractivity contribution in [3.8, 4) is 0 Å². The van der Waals surface area contributed by atoms with E-state index in [2.05, 4.69) is 0 Å². The van der Waals surface area contributed by atoms with Gasteiger partial charge in [0, 0.05) is 5.57 Å². The first-order valence-corrected chi connectivity index (χ1v) is 5.50. The molecule has 2 rings (SSSR count). The quantitative estimate of drug-likeness (QED) is 0.799. The van der Waals surface area contributed by atoms with Crippen LogP contribution in [0, 0.1) is 5.92 Å². The van der Waals surface area contributed by atoms with Crippen LogP contribution in [0.15, 0.2) is 48.1 Å². The minimum absolute atomic E-state index is 0.0667. The van der Waals surface area contributed by atoms with Crippen LogP contribution in [-0.4, -0.2) is 27.9 Å². The predicted octanol–water partition coefficient (Wildman–Crippen LogP) is 1.36. The van der Waals surface area contributed by atoms with Crippen LogP contribution in [0.5, 0.6) is 0 Å². The summed E-state index contributed by atoms with van der Waals surface area (Å²) in [6.45, 7) is 0. The molecule has 0 spiro atoms. The Morgan fingerprint density at radius 3 is 2.21 bits per heavy atom. The average molecular weight is 258 g/mol. The number of rotatable bonds is 3. The number of carbonyl (C=O) groups is 3. The Kier molecular flexibility index (Phi) is 3.29. The van der Waals surface area contributed by atoms with Gasteiger partial charge in [-0.3, -0.25) is 9.59 Å². The van der Waals surface area contributed by atoms with Crippen LogP contribution in [0.4, 0.5) is 0 Å².